The minimum absolute atomic E-state index is 0.846. The summed E-state index contributed by atoms with van der Waals surface area (Å²) in [5.74, 6) is 0.846. The van der Waals surface area contributed by atoms with Gasteiger partial charge in [-0.05, 0) is 31.2 Å². The van der Waals surface area contributed by atoms with Crippen LogP contribution in [0.1, 0.15) is 44.6 Å². The Morgan fingerprint density at radius 2 is 1.73 bits per heavy atom. The molecule has 15 heavy (non-hydrogen) atoms. The van der Waals surface area contributed by atoms with Gasteiger partial charge in [-0.1, -0.05) is 61.2 Å². The molecular formula is C15H20. The van der Waals surface area contributed by atoms with E-state index < -0.39 is 0 Å². The van der Waals surface area contributed by atoms with Gasteiger partial charge in [0, 0.05) is 0 Å². The molecule has 0 aliphatic heterocycles. The summed E-state index contributed by atoms with van der Waals surface area (Å²) >= 11 is 0. The van der Waals surface area contributed by atoms with Gasteiger partial charge in [0.25, 0.3) is 0 Å². The maximum Gasteiger partial charge on any atom is -0.0203 e. The molecule has 0 bridgehead atoms. The van der Waals surface area contributed by atoms with Crippen LogP contribution in [0.25, 0.3) is 6.08 Å². The summed E-state index contributed by atoms with van der Waals surface area (Å²) in [6.07, 6.45) is 9.44. The summed E-state index contributed by atoms with van der Waals surface area (Å²) in [5, 5.41) is 0. The molecule has 0 amide bonds. The Hall–Kier alpha value is -1.04. The van der Waals surface area contributed by atoms with Crippen molar-refractivity contribution in [3.05, 3.63) is 41.5 Å². The van der Waals surface area contributed by atoms with Crippen molar-refractivity contribution in [2.45, 2.75) is 39.0 Å². The standard InChI is InChI=1S/C15H20/c1-13(15-10-6-3-7-11-15)12-14-8-4-2-5-9-14/h2,4-5,8-9,12,15H,3,6-7,10-11H2,1H3/b13-12+. The first-order valence-corrected chi connectivity index (χ1v) is 6.09. The molecule has 0 heterocycles. The molecule has 2 rings (SSSR count). The lowest BCUT2D eigenvalue weighted by Crippen LogP contribution is -2.07. The van der Waals surface area contributed by atoms with Crippen LogP contribution >= 0.6 is 0 Å². The highest BCUT2D eigenvalue weighted by molar-refractivity contribution is 5.52. The van der Waals surface area contributed by atoms with Crippen LogP contribution in [0.5, 0.6) is 0 Å². The summed E-state index contributed by atoms with van der Waals surface area (Å²) in [7, 11) is 0. The summed E-state index contributed by atoms with van der Waals surface area (Å²) in [5.41, 5.74) is 2.92. The summed E-state index contributed by atoms with van der Waals surface area (Å²) in [4.78, 5) is 0. The molecule has 0 atom stereocenters. The van der Waals surface area contributed by atoms with Gasteiger partial charge < -0.3 is 0 Å². The minimum Gasteiger partial charge on any atom is -0.0696 e. The molecule has 0 nitrogen and oxygen atoms in total. The summed E-state index contributed by atoms with van der Waals surface area (Å²) in [6, 6.07) is 10.7. The van der Waals surface area contributed by atoms with Crippen LogP contribution in [0.3, 0.4) is 0 Å². The third-order valence-electron chi connectivity index (χ3n) is 3.44. The first kappa shape index (κ1) is 10.5. The molecule has 80 valence electrons. The Bertz CT molecular complexity index is 315. The fourth-order valence-corrected chi connectivity index (χ4v) is 2.49. The third-order valence-corrected chi connectivity index (χ3v) is 3.44. The zero-order valence-corrected chi connectivity index (χ0v) is 9.58. The molecule has 1 aromatic rings. The first-order valence-electron chi connectivity index (χ1n) is 6.09. The lowest BCUT2D eigenvalue weighted by atomic mass is 9.84. The molecular weight excluding hydrogens is 180 g/mol. The van der Waals surface area contributed by atoms with Crippen LogP contribution in [0, 0.1) is 5.92 Å². The third kappa shape index (κ3) is 2.95. The van der Waals surface area contributed by atoms with Gasteiger partial charge in [-0.3, -0.25) is 0 Å². The lowest BCUT2D eigenvalue weighted by Gasteiger charge is -2.22. The largest absolute Gasteiger partial charge is 0.0696 e. The van der Waals surface area contributed by atoms with Crippen LogP contribution in [0.2, 0.25) is 0 Å². The van der Waals surface area contributed by atoms with Gasteiger partial charge in [0.05, 0.1) is 0 Å². The molecule has 1 aliphatic carbocycles. The van der Waals surface area contributed by atoms with E-state index in [1.54, 1.807) is 5.57 Å². The van der Waals surface area contributed by atoms with Gasteiger partial charge in [-0.2, -0.15) is 0 Å². The number of benzene rings is 1. The number of rotatable bonds is 2. The van der Waals surface area contributed by atoms with E-state index in [1.165, 1.54) is 37.7 Å². The highest BCUT2D eigenvalue weighted by Crippen LogP contribution is 2.30. The fourth-order valence-electron chi connectivity index (χ4n) is 2.49. The highest BCUT2D eigenvalue weighted by Gasteiger charge is 2.14. The van der Waals surface area contributed by atoms with E-state index in [9.17, 15) is 0 Å². The van der Waals surface area contributed by atoms with E-state index in [0.29, 0.717) is 0 Å². The van der Waals surface area contributed by atoms with E-state index >= 15 is 0 Å². The summed E-state index contributed by atoms with van der Waals surface area (Å²) in [6.45, 7) is 2.29. The number of allylic oxidation sites excluding steroid dienone is 1. The average molecular weight is 200 g/mol. The SMILES string of the molecule is C/C(=C\c1ccccc1)C1CCCCC1. The molecule has 0 radical (unpaired) electrons. The molecule has 0 spiro atoms. The van der Waals surface area contributed by atoms with Gasteiger partial charge in [0.1, 0.15) is 0 Å². The highest BCUT2D eigenvalue weighted by atomic mass is 14.2. The summed E-state index contributed by atoms with van der Waals surface area (Å²) < 4.78 is 0. The van der Waals surface area contributed by atoms with Crippen molar-refractivity contribution in [2.24, 2.45) is 5.92 Å². The van der Waals surface area contributed by atoms with Crippen molar-refractivity contribution in [1.82, 2.24) is 0 Å². The maximum atomic E-state index is 2.36. The van der Waals surface area contributed by atoms with Crippen molar-refractivity contribution in [2.75, 3.05) is 0 Å². The van der Waals surface area contributed by atoms with E-state index in [1.807, 2.05) is 0 Å². The van der Waals surface area contributed by atoms with Crippen LogP contribution in [0.15, 0.2) is 35.9 Å². The van der Waals surface area contributed by atoms with Crippen LogP contribution in [-0.2, 0) is 0 Å². The monoisotopic (exact) mass is 200 g/mol. The van der Waals surface area contributed by atoms with Gasteiger partial charge in [-0.15, -0.1) is 0 Å². The van der Waals surface area contributed by atoms with Crippen LogP contribution in [0.4, 0.5) is 0 Å². The van der Waals surface area contributed by atoms with Crippen molar-refractivity contribution in [1.29, 1.82) is 0 Å². The predicted octanol–water partition coefficient (Wildman–Crippen LogP) is 4.67. The Morgan fingerprint density at radius 1 is 1.07 bits per heavy atom. The number of hydrogen-bond donors (Lipinski definition) is 0. The molecule has 1 aliphatic rings. The van der Waals surface area contributed by atoms with Gasteiger partial charge in [-0.25, -0.2) is 0 Å². The molecule has 1 saturated carbocycles. The zero-order valence-electron chi connectivity index (χ0n) is 9.58. The van der Waals surface area contributed by atoms with Crippen molar-refractivity contribution >= 4 is 6.08 Å². The Labute approximate surface area is 93.0 Å². The fraction of sp³-hybridized carbons (Fsp3) is 0.467. The van der Waals surface area contributed by atoms with E-state index in [0.717, 1.165) is 5.92 Å². The lowest BCUT2D eigenvalue weighted by molar-refractivity contribution is 0.404. The Kier molecular flexibility index (Phi) is 3.60. The Balaban J connectivity index is 2.06. The van der Waals surface area contributed by atoms with Gasteiger partial charge in [0.15, 0.2) is 0 Å². The van der Waals surface area contributed by atoms with Crippen LogP contribution in [-0.4, -0.2) is 0 Å². The van der Waals surface area contributed by atoms with E-state index in [2.05, 4.69) is 43.3 Å². The van der Waals surface area contributed by atoms with Crippen LogP contribution < -0.4 is 0 Å². The van der Waals surface area contributed by atoms with Crippen molar-refractivity contribution < 1.29 is 0 Å². The molecule has 0 heteroatoms. The minimum atomic E-state index is 0.846. The van der Waals surface area contributed by atoms with E-state index in [4.69, 9.17) is 0 Å². The normalized spacial score (nSPS) is 19.1. The van der Waals surface area contributed by atoms with Crippen molar-refractivity contribution in [3.8, 4) is 0 Å². The second-order valence-electron chi connectivity index (χ2n) is 4.63. The molecule has 0 unspecified atom stereocenters. The quantitative estimate of drug-likeness (QED) is 0.650. The van der Waals surface area contributed by atoms with E-state index in [-0.39, 0.29) is 0 Å². The maximum absolute atomic E-state index is 2.36. The molecule has 1 fully saturated rings. The average Bonchev–Trinajstić information content (AvgIpc) is 2.31. The van der Waals surface area contributed by atoms with Gasteiger partial charge in [0.2, 0.25) is 0 Å². The first-order chi connectivity index (χ1) is 7.36. The second kappa shape index (κ2) is 5.16. The molecule has 0 N–H and O–H groups in total. The molecule has 0 aromatic heterocycles. The second-order valence-corrected chi connectivity index (χ2v) is 4.63. The Morgan fingerprint density at radius 3 is 2.40 bits per heavy atom. The van der Waals surface area contributed by atoms with Gasteiger partial charge >= 0.3 is 0 Å². The molecule has 1 aromatic carbocycles. The predicted molar refractivity (Wildman–Crippen MR) is 66.7 cm³/mol. The molecule has 0 saturated heterocycles. The topological polar surface area (TPSA) is 0 Å². The number of hydrogen-bond acceptors (Lipinski definition) is 0. The smallest absolute Gasteiger partial charge is 0.0203 e. The van der Waals surface area contributed by atoms with Crippen molar-refractivity contribution in [3.63, 3.8) is 0 Å². The zero-order chi connectivity index (χ0) is 10.5.